The number of nitrogens with zero attached hydrogens (tertiary/aromatic N) is 1. The molecule has 0 radical (unpaired) electrons. The molecule has 1 aromatic rings. The maximum atomic E-state index is 5.66. The molecule has 2 N–H and O–H groups in total. The number of nitrogens with two attached hydrogens (primary N) is 1. The molecule has 1 saturated heterocycles. The Hall–Kier alpha value is -0.0900. The second-order valence-electron chi connectivity index (χ2n) is 4.91. The maximum absolute atomic E-state index is 5.66. The zero-order valence-corrected chi connectivity index (χ0v) is 13.0. The van der Waals surface area contributed by atoms with E-state index in [9.17, 15) is 0 Å². The molecule has 1 heterocycles. The van der Waals surface area contributed by atoms with Crippen LogP contribution in [-0.4, -0.2) is 24.5 Å². The van der Waals surface area contributed by atoms with Crippen molar-refractivity contribution in [2.24, 2.45) is 11.7 Å². The molecule has 1 unspecified atom stereocenters. The summed E-state index contributed by atoms with van der Waals surface area (Å²) in [5.41, 5.74) is 7.05. The summed E-state index contributed by atoms with van der Waals surface area (Å²) >= 11 is 3.62. The van der Waals surface area contributed by atoms with Crippen LogP contribution in [0.15, 0.2) is 28.7 Å². The van der Waals surface area contributed by atoms with Crippen molar-refractivity contribution in [3.63, 3.8) is 0 Å². The summed E-state index contributed by atoms with van der Waals surface area (Å²) in [6.45, 7) is 4.32. The van der Waals surface area contributed by atoms with Gasteiger partial charge in [-0.25, -0.2) is 0 Å². The zero-order valence-electron chi connectivity index (χ0n) is 10.6. The monoisotopic (exact) mass is 332 g/mol. The fraction of sp³-hybridized carbons (Fsp3) is 0.571. The average Bonchev–Trinajstić information content (AvgIpc) is 2.33. The Labute approximate surface area is 124 Å². The highest BCUT2D eigenvalue weighted by Gasteiger charge is 2.19. The predicted octanol–water partition coefficient (Wildman–Crippen LogP) is 3.43. The van der Waals surface area contributed by atoms with Crippen LogP contribution in [0.4, 0.5) is 0 Å². The second-order valence-corrected chi connectivity index (χ2v) is 5.77. The zero-order chi connectivity index (χ0) is 12.1. The Morgan fingerprint density at radius 3 is 2.83 bits per heavy atom. The lowest BCUT2D eigenvalue weighted by Crippen LogP contribution is -2.35. The fourth-order valence-corrected chi connectivity index (χ4v) is 3.04. The van der Waals surface area contributed by atoms with Crippen molar-refractivity contribution in [3.05, 3.63) is 34.3 Å². The number of benzene rings is 1. The smallest absolute Gasteiger partial charge is 0.0245 e. The van der Waals surface area contributed by atoms with Crippen LogP contribution in [-0.2, 0) is 6.54 Å². The third-order valence-corrected chi connectivity index (χ3v) is 4.30. The summed E-state index contributed by atoms with van der Waals surface area (Å²) in [5.74, 6) is 0.802. The number of hydrogen-bond donors (Lipinski definition) is 1. The summed E-state index contributed by atoms with van der Waals surface area (Å²) in [6, 6.07) is 8.51. The second kappa shape index (κ2) is 8.16. The third kappa shape index (κ3) is 4.54. The first-order chi connectivity index (χ1) is 8.29. The largest absolute Gasteiger partial charge is 0.330 e. The van der Waals surface area contributed by atoms with Gasteiger partial charge in [0.05, 0.1) is 0 Å². The van der Waals surface area contributed by atoms with Crippen molar-refractivity contribution in [2.75, 3.05) is 19.6 Å². The molecule has 18 heavy (non-hydrogen) atoms. The van der Waals surface area contributed by atoms with Gasteiger partial charge in [0.1, 0.15) is 0 Å². The number of rotatable bonds is 4. The van der Waals surface area contributed by atoms with Crippen molar-refractivity contribution in [2.45, 2.75) is 25.8 Å². The summed E-state index contributed by atoms with van der Waals surface area (Å²) in [6.07, 6.45) is 3.84. The van der Waals surface area contributed by atoms with Crippen LogP contribution in [0.1, 0.15) is 24.8 Å². The topological polar surface area (TPSA) is 29.3 Å². The molecule has 2 nitrogen and oxygen atoms in total. The normalized spacial score (nSPS) is 20.4. The highest BCUT2D eigenvalue weighted by molar-refractivity contribution is 9.10. The van der Waals surface area contributed by atoms with E-state index in [0.29, 0.717) is 0 Å². The molecule has 0 amide bonds. The molecular formula is C14H22BrClN2. The van der Waals surface area contributed by atoms with Gasteiger partial charge in [-0.1, -0.05) is 34.1 Å². The van der Waals surface area contributed by atoms with Crippen molar-refractivity contribution in [1.29, 1.82) is 0 Å². The first kappa shape index (κ1) is 16.0. The molecule has 102 valence electrons. The third-order valence-electron chi connectivity index (χ3n) is 3.53. The van der Waals surface area contributed by atoms with E-state index in [1.807, 2.05) is 0 Å². The SMILES string of the molecule is Cl.NCCC1CCCN(Cc2ccccc2Br)C1. The van der Waals surface area contributed by atoms with E-state index in [2.05, 4.69) is 45.1 Å². The minimum absolute atomic E-state index is 0. The van der Waals surface area contributed by atoms with Gasteiger partial charge >= 0.3 is 0 Å². The van der Waals surface area contributed by atoms with Gasteiger partial charge in [-0.05, 0) is 49.9 Å². The quantitative estimate of drug-likeness (QED) is 0.914. The minimum atomic E-state index is 0. The van der Waals surface area contributed by atoms with Gasteiger partial charge in [0.15, 0.2) is 0 Å². The van der Waals surface area contributed by atoms with Gasteiger partial charge in [0.25, 0.3) is 0 Å². The van der Waals surface area contributed by atoms with Gasteiger partial charge < -0.3 is 5.73 Å². The molecule has 1 aliphatic rings. The molecule has 0 aliphatic carbocycles. The molecule has 4 heteroatoms. The Bertz CT molecular complexity index is 357. The minimum Gasteiger partial charge on any atom is -0.330 e. The Morgan fingerprint density at radius 2 is 2.11 bits per heavy atom. The van der Waals surface area contributed by atoms with E-state index in [1.165, 1.54) is 42.4 Å². The van der Waals surface area contributed by atoms with Gasteiger partial charge in [-0.15, -0.1) is 12.4 Å². The van der Waals surface area contributed by atoms with Crippen LogP contribution in [0.25, 0.3) is 0 Å². The summed E-state index contributed by atoms with van der Waals surface area (Å²) < 4.78 is 1.22. The number of halogens is 2. The van der Waals surface area contributed by atoms with Crippen molar-refractivity contribution < 1.29 is 0 Å². The van der Waals surface area contributed by atoms with Crippen LogP contribution in [0.2, 0.25) is 0 Å². The molecule has 0 bridgehead atoms. The van der Waals surface area contributed by atoms with E-state index in [4.69, 9.17) is 5.73 Å². The van der Waals surface area contributed by atoms with Crippen LogP contribution >= 0.6 is 28.3 Å². The molecule has 2 rings (SSSR count). The van der Waals surface area contributed by atoms with Crippen LogP contribution in [0.3, 0.4) is 0 Å². The lowest BCUT2D eigenvalue weighted by Gasteiger charge is -2.32. The van der Waals surface area contributed by atoms with Gasteiger partial charge in [0, 0.05) is 17.6 Å². The molecule has 1 aromatic carbocycles. The van der Waals surface area contributed by atoms with Gasteiger partial charge in [0.2, 0.25) is 0 Å². The molecule has 1 aliphatic heterocycles. The molecule has 1 fully saturated rings. The van der Waals surface area contributed by atoms with E-state index in [-0.39, 0.29) is 12.4 Å². The first-order valence-corrected chi connectivity index (χ1v) is 7.24. The molecule has 1 atom stereocenters. The Kier molecular flexibility index (Phi) is 7.23. The lowest BCUT2D eigenvalue weighted by atomic mass is 9.94. The highest BCUT2D eigenvalue weighted by Crippen LogP contribution is 2.23. The maximum Gasteiger partial charge on any atom is 0.0245 e. The molecule has 0 saturated carbocycles. The predicted molar refractivity (Wildman–Crippen MR) is 83.1 cm³/mol. The van der Waals surface area contributed by atoms with Crippen LogP contribution in [0.5, 0.6) is 0 Å². The Balaban J connectivity index is 0.00000162. The standard InChI is InChI=1S/C14H21BrN2.ClH/c15-14-6-2-1-5-13(14)11-17-9-3-4-12(10-17)7-8-16;/h1-2,5-6,12H,3-4,7-11,16H2;1H. The van der Waals surface area contributed by atoms with E-state index < -0.39 is 0 Å². The average molecular weight is 334 g/mol. The number of piperidine rings is 1. The van der Waals surface area contributed by atoms with Crippen molar-refractivity contribution in [1.82, 2.24) is 4.90 Å². The first-order valence-electron chi connectivity index (χ1n) is 6.45. The van der Waals surface area contributed by atoms with E-state index in [1.54, 1.807) is 0 Å². The molecule has 0 aromatic heterocycles. The lowest BCUT2D eigenvalue weighted by molar-refractivity contribution is 0.163. The van der Waals surface area contributed by atoms with E-state index >= 15 is 0 Å². The van der Waals surface area contributed by atoms with Crippen molar-refractivity contribution >= 4 is 28.3 Å². The van der Waals surface area contributed by atoms with Crippen LogP contribution < -0.4 is 5.73 Å². The number of likely N-dealkylation sites (tertiary alicyclic amines) is 1. The summed E-state index contributed by atoms with van der Waals surface area (Å²) in [5, 5.41) is 0. The summed E-state index contributed by atoms with van der Waals surface area (Å²) in [4.78, 5) is 2.56. The number of hydrogen-bond acceptors (Lipinski definition) is 2. The van der Waals surface area contributed by atoms with Crippen molar-refractivity contribution in [3.8, 4) is 0 Å². The molecular weight excluding hydrogens is 312 g/mol. The van der Waals surface area contributed by atoms with Crippen LogP contribution in [0, 0.1) is 5.92 Å². The highest BCUT2D eigenvalue weighted by atomic mass is 79.9. The van der Waals surface area contributed by atoms with Gasteiger partial charge in [-0.3, -0.25) is 4.90 Å². The summed E-state index contributed by atoms with van der Waals surface area (Å²) in [7, 11) is 0. The molecule has 0 spiro atoms. The van der Waals surface area contributed by atoms with E-state index in [0.717, 1.165) is 19.0 Å². The van der Waals surface area contributed by atoms with Gasteiger partial charge in [-0.2, -0.15) is 0 Å². The fourth-order valence-electron chi connectivity index (χ4n) is 2.63. The Morgan fingerprint density at radius 1 is 1.33 bits per heavy atom.